The van der Waals surface area contributed by atoms with Crippen molar-refractivity contribution < 1.29 is 13.6 Å². The number of rotatable bonds is 12. The Balaban J connectivity index is 2.19. The van der Waals surface area contributed by atoms with Crippen LogP contribution in [0.5, 0.6) is 0 Å². The van der Waals surface area contributed by atoms with Crippen molar-refractivity contribution in [1.29, 1.82) is 0 Å². The molecule has 0 fully saturated rings. The van der Waals surface area contributed by atoms with Crippen LogP contribution in [-0.2, 0) is 46.1 Å². The summed E-state index contributed by atoms with van der Waals surface area (Å²) >= 11 is 1.77. The van der Waals surface area contributed by atoms with E-state index in [1.165, 1.54) is 27.1 Å². The van der Waals surface area contributed by atoms with E-state index in [0.29, 0.717) is 19.6 Å². The molecule has 196 valence electrons. The third kappa shape index (κ3) is 8.78. The first kappa shape index (κ1) is 30.2. The van der Waals surface area contributed by atoms with Gasteiger partial charge in [0.1, 0.15) is 6.29 Å². The average molecular weight is 533 g/mol. The molecule has 3 nitrogen and oxygen atoms in total. The summed E-state index contributed by atoms with van der Waals surface area (Å²) in [4.78, 5) is 12.0. The van der Waals surface area contributed by atoms with E-state index in [9.17, 15) is 4.79 Å². The molecule has 1 heterocycles. The second-order valence-corrected chi connectivity index (χ2v) is 23.4. The summed E-state index contributed by atoms with van der Waals surface area (Å²) in [5, 5.41) is 2.61. The smallest absolute Gasteiger partial charge is 0.192 e. The van der Waals surface area contributed by atoms with Crippen molar-refractivity contribution in [1.82, 2.24) is 0 Å². The maximum absolute atomic E-state index is 10.7. The molecule has 1 aromatic carbocycles. The largest absolute Gasteiger partial charge is 0.413 e. The van der Waals surface area contributed by atoms with Gasteiger partial charge >= 0.3 is 0 Å². The van der Waals surface area contributed by atoms with Gasteiger partial charge in [-0.1, -0.05) is 59.7 Å². The predicted octanol–water partition coefficient (Wildman–Crippen LogP) is 8.71. The van der Waals surface area contributed by atoms with Gasteiger partial charge in [-0.15, -0.1) is 11.3 Å². The van der Waals surface area contributed by atoms with Gasteiger partial charge in [0, 0.05) is 11.3 Å². The lowest BCUT2D eigenvalue weighted by Crippen LogP contribution is -2.41. The number of aryl methyl sites for hydroxylation is 3. The van der Waals surface area contributed by atoms with Gasteiger partial charge in [0.25, 0.3) is 0 Å². The lowest BCUT2D eigenvalue weighted by atomic mass is 10.0. The van der Waals surface area contributed by atoms with Crippen molar-refractivity contribution in [3.8, 4) is 0 Å². The summed E-state index contributed by atoms with van der Waals surface area (Å²) < 4.78 is 13.2. The first-order valence-electron chi connectivity index (χ1n) is 12.9. The maximum atomic E-state index is 10.7. The number of aldehydes is 1. The molecule has 0 aliphatic heterocycles. The van der Waals surface area contributed by atoms with E-state index >= 15 is 0 Å². The van der Waals surface area contributed by atoms with Gasteiger partial charge in [0.05, 0.1) is 13.2 Å². The summed E-state index contributed by atoms with van der Waals surface area (Å²) in [6, 6.07) is 9.13. The van der Waals surface area contributed by atoms with Crippen LogP contribution >= 0.6 is 11.3 Å². The molecule has 2 rings (SSSR count). The number of carbonyl (C=O) groups is 1. The third-order valence-corrected chi connectivity index (χ3v) is 18.0. The molecule has 0 saturated carbocycles. The fraction of sp³-hybridized carbons (Fsp3) is 0.621. The number of carbonyl (C=O) groups excluding carboxylic acids is 1. The first-order valence-corrected chi connectivity index (χ1v) is 19.6. The van der Waals surface area contributed by atoms with Gasteiger partial charge < -0.3 is 13.6 Å². The van der Waals surface area contributed by atoms with Crippen LogP contribution in [0.1, 0.15) is 75.1 Å². The Kier molecular flexibility index (Phi) is 10.3. The quantitative estimate of drug-likeness (QED) is 0.202. The van der Waals surface area contributed by atoms with Gasteiger partial charge in [0.2, 0.25) is 0 Å². The summed E-state index contributed by atoms with van der Waals surface area (Å²) in [7, 11) is -3.69. The summed E-state index contributed by atoms with van der Waals surface area (Å²) in [6.45, 7) is 24.3. The third-order valence-electron chi connectivity index (χ3n) is 7.98. The molecular formula is C29H48O3SSi2. The molecule has 0 aliphatic rings. The van der Waals surface area contributed by atoms with E-state index in [0.717, 1.165) is 25.5 Å². The summed E-state index contributed by atoms with van der Waals surface area (Å²) in [5.74, 6) is 0. The van der Waals surface area contributed by atoms with Crippen molar-refractivity contribution >= 4 is 34.3 Å². The Labute approximate surface area is 220 Å². The van der Waals surface area contributed by atoms with Gasteiger partial charge in [-0.2, -0.15) is 0 Å². The number of hydrogen-bond acceptors (Lipinski definition) is 4. The van der Waals surface area contributed by atoms with Crippen molar-refractivity contribution in [2.24, 2.45) is 0 Å². The normalized spacial score (nSPS) is 13.3. The molecule has 0 amide bonds. The first-order chi connectivity index (χ1) is 16.1. The van der Waals surface area contributed by atoms with Crippen molar-refractivity contribution in [2.75, 3.05) is 0 Å². The molecule has 0 spiro atoms. The Morgan fingerprint density at radius 2 is 1.31 bits per heavy atom. The highest BCUT2D eigenvalue weighted by atomic mass is 32.1. The highest BCUT2D eigenvalue weighted by molar-refractivity contribution is 7.10. The SMILES string of the molecule is CC(C)(C)[Si](C)(C)OCc1ccc(CCc2csc(CCC=O)c2)cc1CO[Si](C)(C)C(C)(C)C. The summed E-state index contributed by atoms with van der Waals surface area (Å²) in [6.07, 6.45) is 4.48. The van der Waals surface area contributed by atoms with Crippen molar-refractivity contribution in [2.45, 2.75) is 117 Å². The maximum Gasteiger partial charge on any atom is 0.192 e. The minimum absolute atomic E-state index is 0.183. The zero-order valence-electron chi connectivity index (χ0n) is 23.8. The van der Waals surface area contributed by atoms with Gasteiger partial charge in [-0.25, -0.2) is 0 Å². The van der Waals surface area contributed by atoms with E-state index in [-0.39, 0.29) is 10.1 Å². The van der Waals surface area contributed by atoms with Crippen LogP contribution in [0.3, 0.4) is 0 Å². The Morgan fingerprint density at radius 1 is 0.771 bits per heavy atom. The molecule has 35 heavy (non-hydrogen) atoms. The Hall–Kier alpha value is -1.06. The van der Waals surface area contributed by atoms with Crippen molar-refractivity contribution in [3.05, 3.63) is 56.8 Å². The molecule has 0 bridgehead atoms. The molecule has 0 atom stereocenters. The topological polar surface area (TPSA) is 35.5 Å². The minimum atomic E-state index is -1.85. The molecule has 0 saturated heterocycles. The Morgan fingerprint density at radius 3 is 1.86 bits per heavy atom. The average Bonchev–Trinajstić information content (AvgIpc) is 3.20. The van der Waals surface area contributed by atoms with Gasteiger partial charge in [-0.05, 0) is 89.2 Å². The van der Waals surface area contributed by atoms with Crippen LogP contribution in [-0.4, -0.2) is 22.9 Å². The zero-order valence-corrected chi connectivity index (χ0v) is 26.7. The molecule has 0 N–H and O–H groups in total. The molecule has 0 unspecified atom stereocenters. The van der Waals surface area contributed by atoms with E-state index in [1.807, 2.05) is 0 Å². The zero-order chi connectivity index (χ0) is 26.5. The minimum Gasteiger partial charge on any atom is -0.413 e. The highest BCUT2D eigenvalue weighted by Crippen LogP contribution is 2.39. The molecular weight excluding hydrogens is 485 g/mol. The fourth-order valence-electron chi connectivity index (χ4n) is 3.24. The number of hydrogen-bond donors (Lipinski definition) is 0. The van der Waals surface area contributed by atoms with Crippen LogP contribution in [0.15, 0.2) is 29.6 Å². The Bertz CT molecular complexity index is 965. The second kappa shape index (κ2) is 12.0. The predicted molar refractivity (Wildman–Crippen MR) is 157 cm³/mol. The molecule has 6 heteroatoms. The van der Waals surface area contributed by atoms with E-state index < -0.39 is 16.6 Å². The standard InChI is InChI=1S/C29H48O3SSi2/c1-28(2,3)34(7,8)31-20-25-16-15-23(13-14-24-19-27(33-22-24)12-11-17-30)18-26(25)21-32-35(9,10)29(4,5)6/h15-19,22H,11-14,20-21H2,1-10H3. The lowest BCUT2D eigenvalue weighted by molar-refractivity contribution is -0.107. The van der Waals surface area contributed by atoms with Crippen molar-refractivity contribution in [3.63, 3.8) is 0 Å². The van der Waals surface area contributed by atoms with E-state index in [1.54, 1.807) is 11.3 Å². The van der Waals surface area contributed by atoms with Crippen LogP contribution in [0, 0.1) is 0 Å². The molecule has 1 aromatic heterocycles. The van der Waals surface area contributed by atoms with E-state index in [2.05, 4.69) is 97.4 Å². The fourth-order valence-corrected chi connectivity index (χ4v) is 6.08. The molecule has 2 aromatic rings. The highest BCUT2D eigenvalue weighted by Gasteiger charge is 2.38. The monoisotopic (exact) mass is 532 g/mol. The van der Waals surface area contributed by atoms with Crippen LogP contribution in [0.25, 0.3) is 0 Å². The van der Waals surface area contributed by atoms with Crippen LogP contribution < -0.4 is 0 Å². The molecule has 0 radical (unpaired) electrons. The second-order valence-electron chi connectivity index (χ2n) is 12.8. The summed E-state index contributed by atoms with van der Waals surface area (Å²) in [5.41, 5.74) is 5.22. The van der Waals surface area contributed by atoms with Gasteiger partial charge in [0.15, 0.2) is 16.6 Å². The lowest BCUT2D eigenvalue weighted by Gasteiger charge is -2.37. The van der Waals surface area contributed by atoms with Crippen LogP contribution in [0.2, 0.25) is 36.3 Å². The number of benzene rings is 1. The molecule has 0 aliphatic carbocycles. The van der Waals surface area contributed by atoms with Crippen LogP contribution in [0.4, 0.5) is 0 Å². The van der Waals surface area contributed by atoms with Gasteiger partial charge in [-0.3, -0.25) is 0 Å². The number of thiophene rings is 1. The van der Waals surface area contributed by atoms with E-state index in [4.69, 9.17) is 8.85 Å².